The van der Waals surface area contributed by atoms with Gasteiger partial charge in [0.1, 0.15) is 11.4 Å². The summed E-state index contributed by atoms with van der Waals surface area (Å²) in [6, 6.07) is 5.29. The number of hydrogen-bond acceptors (Lipinski definition) is 6. The first-order valence-corrected chi connectivity index (χ1v) is 10.0. The summed E-state index contributed by atoms with van der Waals surface area (Å²) in [5, 5.41) is 9.81. The van der Waals surface area contributed by atoms with Crippen molar-refractivity contribution >= 4 is 18.6 Å². The first-order chi connectivity index (χ1) is 13.3. The van der Waals surface area contributed by atoms with Gasteiger partial charge in [-0.05, 0) is 44.4 Å². The van der Waals surface area contributed by atoms with Gasteiger partial charge in [0.25, 0.3) is 5.92 Å². The Kier molecular flexibility index (Phi) is 4.07. The van der Waals surface area contributed by atoms with Crippen molar-refractivity contribution in [3.05, 3.63) is 29.5 Å². The molecule has 1 N–H and O–H groups in total. The monoisotopic (exact) mass is 405 g/mol. The Morgan fingerprint density at radius 3 is 2.71 bits per heavy atom. The molecule has 28 heavy (non-hydrogen) atoms. The molecule has 1 aromatic carbocycles. The van der Waals surface area contributed by atoms with Crippen molar-refractivity contribution < 1.29 is 18.6 Å². The predicted molar refractivity (Wildman–Crippen MR) is 103 cm³/mol. The molecule has 1 unspecified atom stereocenters. The summed E-state index contributed by atoms with van der Waals surface area (Å²) in [5.41, 5.74) is 1.53. The standard InChI is InChI=1S/C20H21F2N3O2S/c1-10-14(26)9-25(10)19-23-17(13-6-7-20(21,22)18(13)24-19)11-2-5-15(16(28)8-11)27-12-3-4-12/h2,5,8,10,12,14,26,28H,3-4,6-7,9H2,1H3/t10-,14?/m0/s1. The summed E-state index contributed by atoms with van der Waals surface area (Å²) in [5.74, 6) is -2.02. The van der Waals surface area contributed by atoms with Crippen molar-refractivity contribution in [1.82, 2.24) is 9.97 Å². The molecule has 0 amide bonds. The minimum Gasteiger partial charge on any atom is -0.489 e. The van der Waals surface area contributed by atoms with Crippen LogP contribution in [0, 0.1) is 0 Å². The molecular weight excluding hydrogens is 384 g/mol. The Labute approximate surface area is 167 Å². The minimum atomic E-state index is -2.96. The first kappa shape index (κ1) is 18.1. The van der Waals surface area contributed by atoms with Crippen LogP contribution in [-0.2, 0) is 12.3 Å². The maximum atomic E-state index is 14.5. The van der Waals surface area contributed by atoms with Gasteiger partial charge in [0, 0.05) is 29.0 Å². The van der Waals surface area contributed by atoms with Gasteiger partial charge in [0.2, 0.25) is 5.95 Å². The summed E-state index contributed by atoms with van der Waals surface area (Å²) in [4.78, 5) is 11.2. The lowest BCUT2D eigenvalue weighted by molar-refractivity contribution is -0.00603. The molecule has 1 saturated heterocycles. The molecule has 5 rings (SSSR count). The number of anilines is 1. The van der Waals surface area contributed by atoms with Gasteiger partial charge in [-0.1, -0.05) is 0 Å². The molecule has 148 valence electrons. The molecule has 1 aromatic heterocycles. The normalized spacial score (nSPS) is 25.4. The highest BCUT2D eigenvalue weighted by Gasteiger charge is 2.45. The lowest BCUT2D eigenvalue weighted by atomic mass is 10.0. The molecule has 1 aliphatic heterocycles. The van der Waals surface area contributed by atoms with Crippen LogP contribution in [0.15, 0.2) is 23.1 Å². The Balaban J connectivity index is 1.58. The third kappa shape index (κ3) is 2.93. The Morgan fingerprint density at radius 2 is 2.07 bits per heavy atom. The quantitative estimate of drug-likeness (QED) is 0.762. The summed E-state index contributed by atoms with van der Waals surface area (Å²) >= 11 is 4.52. The lowest BCUT2D eigenvalue weighted by Gasteiger charge is -2.43. The number of aliphatic hydroxyl groups is 1. The maximum absolute atomic E-state index is 14.5. The summed E-state index contributed by atoms with van der Waals surface area (Å²) in [6.07, 6.45) is 1.83. The highest BCUT2D eigenvalue weighted by molar-refractivity contribution is 7.80. The van der Waals surface area contributed by atoms with Crippen LogP contribution >= 0.6 is 12.6 Å². The summed E-state index contributed by atoms with van der Waals surface area (Å²) in [6.45, 7) is 2.18. The van der Waals surface area contributed by atoms with E-state index in [1.54, 1.807) is 4.90 Å². The fraction of sp³-hybridized carbons (Fsp3) is 0.500. The Morgan fingerprint density at radius 1 is 1.29 bits per heavy atom. The molecule has 1 saturated carbocycles. The molecule has 2 aromatic rings. The molecule has 0 bridgehead atoms. The van der Waals surface area contributed by atoms with Crippen molar-refractivity contribution in [3.8, 4) is 17.0 Å². The second kappa shape index (κ2) is 6.29. The SMILES string of the molecule is C[C@H]1C(O)CN1c1nc(-c2ccc(OC3CC3)c(S)c2)c2c(n1)C(F)(F)CC2. The number of hydrogen-bond donors (Lipinski definition) is 2. The van der Waals surface area contributed by atoms with Crippen molar-refractivity contribution in [2.75, 3.05) is 11.4 Å². The van der Waals surface area contributed by atoms with Crippen molar-refractivity contribution in [3.63, 3.8) is 0 Å². The predicted octanol–water partition coefficient (Wildman–Crippen LogP) is 3.58. The molecule has 2 fully saturated rings. The average Bonchev–Trinajstić information content (AvgIpc) is 3.44. The zero-order chi connectivity index (χ0) is 19.6. The van der Waals surface area contributed by atoms with Crippen LogP contribution < -0.4 is 9.64 Å². The van der Waals surface area contributed by atoms with Crippen molar-refractivity contribution in [2.45, 2.75) is 61.7 Å². The second-order valence-electron chi connectivity index (χ2n) is 7.86. The van der Waals surface area contributed by atoms with E-state index in [1.807, 2.05) is 25.1 Å². The molecule has 5 nitrogen and oxygen atoms in total. The molecular formula is C20H21F2N3O2S. The van der Waals surface area contributed by atoms with E-state index in [0.29, 0.717) is 28.4 Å². The van der Waals surface area contributed by atoms with E-state index in [1.165, 1.54) is 0 Å². The highest BCUT2D eigenvalue weighted by atomic mass is 32.1. The number of fused-ring (bicyclic) bond motifs is 1. The van der Waals surface area contributed by atoms with E-state index in [9.17, 15) is 13.9 Å². The molecule has 2 heterocycles. The van der Waals surface area contributed by atoms with E-state index in [-0.39, 0.29) is 36.6 Å². The zero-order valence-electron chi connectivity index (χ0n) is 15.4. The smallest absolute Gasteiger partial charge is 0.290 e. The van der Waals surface area contributed by atoms with E-state index >= 15 is 0 Å². The number of ether oxygens (including phenoxy) is 1. The number of aliphatic hydroxyl groups excluding tert-OH is 1. The topological polar surface area (TPSA) is 58.5 Å². The van der Waals surface area contributed by atoms with E-state index < -0.39 is 12.0 Å². The zero-order valence-corrected chi connectivity index (χ0v) is 16.3. The summed E-state index contributed by atoms with van der Waals surface area (Å²) < 4.78 is 34.8. The Bertz CT molecular complexity index is 951. The molecule has 0 radical (unpaired) electrons. The third-order valence-electron chi connectivity index (χ3n) is 5.77. The number of halogens is 2. The van der Waals surface area contributed by atoms with Gasteiger partial charge < -0.3 is 14.7 Å². The Hall–Kier alpha value is -1.93. The van der Waals surface area contributed by atoms with Crippen LogP contribution in [0.5, 0.6) is 5.75 Å². The largest absolute Gasteiger partial charge is 0.489 e. The number of benzene rings is 1. The van der Waals surface area contributed by atoms with Gasteiger partial charge in [-0.2, -0.15) is 8.78 Å². The fourth-order valence-corrected chi connectivity index (χ4v) is 4.03. The number of aromatic nitrogens is 2. The van der Waals surface area contributed by atoms with Gasteiger partial charge in [0.15, 0.2) is 0 Å². The van der Waals surface area contributed by atoms with Gasteiger partial charge in [0.05, 0.1) is 23.9 Å². The van der Waals surface area contributed by atoms with Crippen LogP contribution in [0.25, 0.3) is 11.3 Å². The van der Waals surface area contributed by atoms with Crippen LogP contribution in [0.4, 0.5) is 14.7 Å². The van der Waals surface area contributed by atoms with E-state index in [2.05, 4.69) is 22.6 Å². The van der Waals surface area contributed by atoms with E-state index in [0.717, 1.165) is 18.4 Å². The number of nitrogens with zero attached hydrogens (tertiary/aromatic N) is 3. The number of β-amino-alcohol motifs (C(OH)–C–C–N with tert-alkyl or cyclic N) is 1. The van der Waals surface area contributed by atoms with Crippen LogP contribution in [0.2, 0.25) is 0 Å². The molecule has 3 aliphatic rings. The first-order valence-electron chi connectivity index (χ1n) is 9.57. The summed E-state index contributed by atoms with van der Waals surface area (Å²) in [7, 11) is 0. The van der Waals surface area contributed by atoms with Crippen molar-refractivity contribution in [1.29, 1.82) is 0 Å². The fourth-order valence-electron chi connectivity index (χ4n) is 3.76. The van der Waals surface area contributed by atoms with Crippen LogP contribution in [-0.4, -0.2) is 39.9 Å². The number of alkyl halides is 2. The average molecular weight is 405 g/mol. The van der Waals surface area contributed by atoms with Gasteiger partial charge in [-0.15, -0.1) is 12.6 Å². The van der Waals surface area contributed by atoms with Crippen LogP contribution in [0.1, 0.15) is 37.4 Å². The maximum Gasteiger partial charge on any atom is 0.290 e. The molecule has 8 heteroatoms. The number of thiol groups is 1. The third-order valence-corrected chi connectivity index (χ3v) is 6.12. The molecule has 2 atom stereocenters. The van der Waals surface area contributed by atoms with Crippen molar-refractivity contribution in [2.24, 2.45) is 0 Å². The second-order valence-corrected chi connectivity index (χ2v) is 8.35. The van der Waals surface area contributed by atoms with E-state index in [4.69, 9.17) is 4.74 Å². The van der Waals surface area contributed by atoms with Crippen LogP contribution in [0.3, 0.4) is 0 Å². The van der Waals surface area contributed by atoms with Gasteiger partial charge in [-0.3, -0.25) is 0 Å². The lowest BCUT2D eigenvalue weighted by Crippen LogP contribution is -2.59. The highest BCUT2D eigenvalue weighted by Crippen LogP contribution is 2.45. The van der Waals surface area contributed by atoms with Gasteiger partial charge in [-0.25, -0.2) is 9.97 Å². The molecule has 0 spiro atoms. The van der Waals surface area contributed by atoms with Gasteiger partial charge >= 0.3 is 0 Å². The molecule has 2 aliphatic carbocycles. The minimum absolute atomic E-state index is 0.194. The number of rotatable bonds is 4.